The van der Waals surface area contributed by atoms with Crippen LogP contribution in [-0.2, 0) is 18.3 Å². The Bertz CT molecular complexity index is 1220. The van der Waals surface area contributed by atoms with E-state index in [-0.39, 0.29) is 11.4 Å². The maximum absolute atomic E-state index is 14.2. The van der Waals surface area contributed by atoms with E-state index < -0.39 is 5.82 Å². The SMILES string of the molecule is COCCNCc1cnc(-c2cc3nccc(Oc4ccc(N=O)cc4F)c3s2)n1C. The molecule has 1 N–H and O–H groups in total. The highest BCUT2D eigenvalue weighted by atomic mass is 32.1. The standard InChI is InChI=1S/C21H20FN5O3S/c1-27-14(11-23-7-8-29-2)12-25-21(27)19-10-16-20(31-19)18(5-6-24-16)30-17-4-3-13(26-28)9-15(17)22/h3-6,9-10,12,23H,7-8,11H2,1-2H3. The van der Waals surface area contributed by atoms with Gasteiger partial charge >= 0.3 is 0 Å². The van der Waals surface area contributed by atoms with Gasteiger partial charge < -0.3 is 19.4 Å². The lowest BCUT2D eigenvalue weighted by Crippen LogP contribution is -2.20. The van der Waals surface area contributed by atoms with Crippen LogP contribution < -0.4 is 10.1 Å². The van der Waals surface area contributed by atoms with E-state index in [1.54, 1.807) is 19.4 Å². The second kappa shape index (κ2) is 9.29. The Kier molecular flexibility index (Phi) is 6.31. The van der Waals surface area contributed by atoms with Gasteiger partial charge in [0.25, 0.3) is 0 Å². The van der Waals surface area contributed by atoms with E-state index in [0.717, 1.165) is 39.2 Å². The quantitative estimate of drug-likeness (QED) is 0.297. The molecule has 0 atom stereocenters. The van der Waals surface area contributed by atoms with Crippen molar-refractivity contribution in [2.75, 3.05) is 20.3 Å². The molecule has 0 aliphatic carbocycles. The van der Waals surface area contributed by atoms with Crippen LogP contribution in [0.15, 0.2) is 47.9 Å². The number of thiophene rings is 1. The van der Waals surface area contributed by atoms with Crippen molar-refractivity contribution in [2.45, 2.75) is 6.54 Å². The molecule has 0 saturated heterocycles. The molecule has 10 heteroatoms. The topological polar surface area (TPSA) is 90.6 Å². The number of nitrogens with zero attached hydrogens (tertiary/aromatic N) is 4. The number of ether oxygens (including phenoxy) is 2. The maximum atomic E-state index is 14.2. The van der Waals surface area contributed by atoms with Crippen molar-refractivity contribution in [3.05, 3.63) is 59.1 Å². The minimum atomic E-state index is -0.659. The van der Waals surface area contributed by atoms with Crippen LogP contribution in [0.2, 0.25) is 0 Å². The fraction of sp³-hybridized carbons (Fsp3) is 0.238. The molecule has 0 saturated carbocycles. The number of methoxy groups -OCH3 is 1. The Morgan fingerprint density at radius 1 is 1.23 bits per heavy atom. The maximum Gasteiger partial charge on any atom is 0.167 e. The highest BCUT2D eigenvalue weighted by Gasteiger charge is 2.16. The van der Waals surface area contributed by atoms with Gasteiger partial charge in [-0.25, -0.2) is 9.37 Å². The lowest BCUT2D eigenvalue weighted by Gasteiger charge is -2.07. The van der Waals surface area contributed by atoms with E-state index in [0.29, 0.717) is 18.9 Å². The smallest absolute Gasteiger partial charge is 0.167 e. The van der Waals surface area contributed by atoms with Gasteiger partial charge in [0.05, 0.1) is 33.6 Å². The molecule has 8 nitrogen and oxygen atoms in total. The molecule has 0 amide bonds. The predicted molar refractivity (Wildman–Crippen MR) is 117 cm³/mol. The first-order valence-corrected chi connectivity index (χ1v) is 10.3. The number of aromatic nitrogens is 3. The number of benzene rings is 1. The van der Waals surface area contributed by atoms with Crippen molar-refractivity contribution in [1.29, 1.82) is 0 Å². The molecule has 4 aromatic rings. The number of hydrogen-bond donors (Lipinski definition) is 1. The lowest BCUT2D eigenvalue weighted by molar-refractivity contribution is 0.199. The van der Waals surface area contributed by atoms with Gasteiger partial charge in [0, 0.05) is 45.6 Å². The number of hydrogen-bond acceptors (Lipinski definition) is 8. The molecule has 0 bridgehead atoms. The van der Waals surface area contributed by atoms with Crippen molar-refractivity contribution in [3.8, 4) is 22.2 Å². The summed E-state index contributed by atoms with van der Waals surface area (Å²) in [6, 6.07) is 7.44. The van der Waals surface area contributed by atoms with Gasteiger partial charge in [0.15, 0.2) is 11.6 Å². The van der Waals surface area contributed by atoms with Crippen molar-refractivity contribution in [3.63, 3.8) is 0 Å². The highest BCUT2D eigenvalue weighted by Crippen LogP contribution is 2.39. The second-order valence-corrected chi connectivity index (χ2v) is 7.80. The number of pyridine rings is 1. The molecule has 0 unspecified atom stereocenters. The van der Waals surface area contributed by atoms with E-state index in [1.807, 2.05) is 23.9 Å². The Morgan fingerprint density at radius 2 is 2.10 bits per heavy atom. The molecule has 3 heterocycles. The third kappa shape index (κ3) is 4.46. The van der Waals surface area contributed by atoms with Crippen LogP contribution >= 0.6 is 11.3 Å². The van der Waals surface area contributed by atoms with E-state index >= 15 is 0 Å². The van der Waals surface area contributed by atoms with Crippen LogP contribution in [0.25, 0.3) is 20.9 Å². The average molecular weight is 441 g/mol. The first kappa shape index (κ1) is 21.0. The van der Waals surface area contributed by atoms with Crippen LogP contribution in [0.3, 0.4) is 0 Å². The molecule has 160 valence electrons. The van der Waals surface area contributed by atoms with E-state index in [4.69, 9.17) is 9.47 Å². The molecule has 0 aliphatic rings. The molecule has 0 fully saturated rings. The molecule has 0 spiro atoms. The summed E-state index contributed by atoms with van der Waals surface area (Å²) in [5, 5.41) is 6.04. The molecule has 4 rings (SSSR count). The molecule has 0 aliphatic heterocycles. The third-order valence-corrected chi connectivity index (χ3v) is 5.85. The number of rotatable bonds is 9. The van der Waals surface area contributed by atoms with Gasteiger partial charge in [-0.15, -0.1) is 16.2 Å². The summed E-state index contributed by atoms with van der Waals surface area (Å²) in [5.74, 6) is 0.637. The molecule has 3 aromatic heterocycles. The van der Waals surface area contributed by atoms with Crippen molar-refractivity contribution >= 4 is 27.2 Å². The zero-order valence-electron chi connectivity index (χ0n) is 17.0. The minimum absolute atomic E-state index is 0.00503. The predicted octanol–water partition coefficient (Wildman–Crippen LogP) is 4.76. The summed E-state index contributed by atoms with van der Waals surface area (Å²) in [6.45, 7) is 2.07. The van der Waals surface area contributed by atoms with Crippen LogP contribution in [0.4, 0.5) is 10.1 Å². The lowest BCUT2D eigenvalue weighted by atomic mass is 10.3. The summed E-state index contributed by atoms with van der Waals surface area (Å²) >= 11 is 1.47. The normalized spacial score (nSPS) is 11.2. The van der Waals surface area contributed by atoms with Crippen LogP contribution in [0, 0.1) is 10.7 Å². The molecule has 31 heavy (non-hydrogen) atoms. The van der Waals surface area contributed by atoms with Gasteiger partial charge in [0.1, 0.15) is 17.3 Å². The summed E-state index contributed by atoms with van der Waals surface area (Å²) < 4.78 is 27.9. The largest absolute Gasteiger partial charge is 0.453 e. The van der Waals surface area contributed by atoms with Crippen molar-refractivity contribution < 1.29 is 13.9 Å². The average Bonchev–Trinajstić information content (AvgIpc) is 3.36. The van der Waals surface area contributed by atoms with Gasteiger partial charge in [-0.1, -0.05) is 0 Å². The number of nitrogens with one attached hydrogen (secondary N) is 1. The fourth-order valence-corrected chi connectivity index (χ4v) is 4.18. The Labute approximate surface area is 181 Å². The molecular weight excluding hydrogens is 421 g/mol. The van der Waals surface area contributed by atoms with Gasteiger partial charge in [-0.05, 0) is 23.4 Å². The van der Waals surface area contributed by atoms with E-state index in [9.17, 15) is 9.30 Å². The summed E-state index contributed by atoms with van der Waals surface area (Å²) in [4.78, 5) is 20.5. The van der Waals surface area contributed by atoms with Crippen molar-refractivity contribution in [2.24, 2.45) is 12.2 Å². The molecule has 0 radical (unpaired) electrons. The van der Waals surface area contributed by atoms with E-state index in [1.165, 1.54) is 23.5 Å². The Hall–Kier alpha value is -3.21. The zero-order valence-corrected chi connectivity index (χ0v) is 17.8. The number of nitroso groups, excluding NO2 is 1. The van der Waals surface area contributed by atoms with E-state index in [2.05, 4.69) is 20.5 Å². The Morgan fingerprint density at radius 3 is 2.87 bits per heavy atom. The zero-order chi connectivity index (χ0) is 21.8. The van der Waals surface area contributed by atoms with Crippen LogP contribution in [0.1, 0.15) is 5.69 Å². The van der Waals surface area contributed by atoms with Gasteiger partial charge in [0.2, 0.25) is 0 Å². The first-order valence-electron chi connectivity index (χ1n) is 9.50. The summed E-state index contributed by atoms with van der Waals surface area (Å²) in [7, 11) is 3.63. The fourth-order valence-electron chi connectivity index (χ4n) is 3.08. The van der Waals surface area contributed by atoms with Crippen LogP contribution in [-0.4, -0.2) is 34.8 Å². The molecular formula is C21H20FN5O3S. The molecule has 1 aromatic carbocycles. The number of halogens is 1. The third-order valence-electron chi connectivity index (χ3n) is 4.71. The first-order chi connectivity index (χ1) is 15.1. The van der Waals surface area contributed by atoms with Crippen LogP contribution in [0.5, 0.6) is 11.5 Å². The summed E-state index contributed by atoms with van der Waals surface area (Å²) in [5.41, 5.74) is 1.77. The number of imidazole rings is 1. The highest BCUT2D eigenvalue weighted by molar-refractivity contribution is 7.22. The van der Waals surface area contributed by atoms with Gasteiger partial charge in [-0.3, -0.25) is 4.98 Å². The minimum Gasteiger partial charge on any atom is -0.453 e. The van der Waals surface area contributed by atoms with Crippen molar-refractivity contribution in [1.82, 2.24) is 19.9 Å². The summed E-state index contributed by atoms with van der Waals surface area (Å²) in [6.07, 6.45) is 3.44. The number of fused-ring (bicyclic) bond motifs is 1. The van der Waals surface area contributed by atoms with Gasteiger partial charge in [-0.2, -0.15) is 0 Å². The Balaban J connectivity index is 1.61. The second-order valence-electron chi connectivity index (χ2n) is 6.74. The monoisotopic (exact) mass is 441 g/mol.